The van der Waals surface area contributed by atoms with Crippen molar-refractivity contribution in [2.24, 2.45) is 5.41 Å². The molecule has 0 unspecified atom stereocenters. The molecule has 92 valence electrons. The van der Waals surface area contributed by atoms with Gasteiger partial charge in [-0.3, -0.25) is 0 Å². The van der Waals surface area contributed by atoms with Gasteiger partial charge in [0, 0.05) is 10.5 Å². The fraction of sp³-hybridized carbons (Fsp3) is 0.500. The third-order valence-corrected chi connectivity index (χ3v) is 3.60. The maximum atomic E-state index is 8.94. The summed E-state index contributed by atoms with van der Waals surface area (Å²) in [6, 6.07) is 10.8. The van der Waals surface area contributed by atoms with Crippen molar-refractivity contribution >= 4 is 15.9 Å². The van der Waals surface area contributed by atoms with E-state index in [0.29, 0.717) is 6.04 Å². The summed E-state index contributed by atoms with van der Waals surface area (Å²) in [7, 11) is 0. The number of hydrogen-bond donors (Lipinski definition) is 1. The SMILES string of the molecule is C[C@@H](NCCC(C)(C)C#N)c1ccccc1Br. The van der Waals surface area contributed by atoms with Gasteiger partial charge in [-0.15, -0.1) is 0 Å². The van der Waals surface area contributed by atoms with Crippen molar-refractivity contribution in [3.8, 4) is 6.07 Å². The predicted molar refractivity (Wildman–Crippen MR) is 74.6 cm³/mol. The van der Waals surface area contributed by atoms with Crippen LogP contribution in [0.5, 0.6) is 0 Å². The summed E-state index contributed by atoms with van der Waals surface area (Å²) >= 11 is 3.55. The number of rotatable bonds is 5. The molecule has 0 saturated heterocycles. The van der Waals surface area contributed by atoms with Gasteiger partial charge in [0.2, 0.25) is 0 Å². The average molecular weight is 295 g/mol. The van der Waals surface area contributed by atoms with Crippen LogP contribution in [0.3, 0.4) is 0 Å². The first-order valence-corrected chi connectivity index (χ1v) is 6.64. The molecular formula is C14H19BrN2. The van der Waals surface area contributed by atoms with Gasteiger partial charge < -0.3 is 5.32 Å². The van der Waals surface area contributed by atoms with E-state index in [-0.39, 0.29) is 5.41 Å². The first-order valence-electron chi connectivity index (χ1n) is 5.85. The minimum absolute atomic E-state index is 0.249. The first-order chi connectivity index (χ1) is 7.96. The van der Waals surface area contributed by atoms with E-state index in [2.05, 4.69) is 40.3 Å². The van der Waals surface area contributed by atoms with E-state index in [1.165, 1.54) is 5.56 Å². The van der Waals surface area contributed by atoms with Gasteiger partial charge in [0.15, 0.2) is 0 Å². The fourth-order valence-corrected chi connectivity index (χ4v) is 2.22. The molecule has 0 spiro atoms. The maximum Gasteiger partial charge on any atom is 0.0684 e. The van der Waals surface area contributed by atoms with Crippen LogP contribution < -0.4 is 5.32 Å². The highest BCUT2D eigenvalue weighted by Gasteiger charge is 2.16. The van der Waals surface area contributed by atoms with Crippen LogP contribution in [-0.4, -0.2) is 6.54 Å². The second-order valence-corrected chi connectivity index (χ2v) is 5.80. The van der Waals surface area contributed by atoms with Gasteiger partial charge in [0.25, 0.3) is 0 Å². The summed E-state index contributed by atoms with van der Waals surface area (Å²) in [5.74, 6) is 0. The number of nitrogens with one attached hydrogen (secondary N) is 1. The number of nitriles is 1. The summed E-state index contributed by atoms with van der Waals surface area (Å²) in [6.07, 6.45) is 0.859. The lowest BCUT2D eigenvalue weighted by Gasteiger charge is -2.19. The Morgan fingerprint density at radius 3 is 2.65 bits per heavy atom. The molecular weight excluding hydrogens is 276 g/mol. The summed E-state index contributed by atoms with van der Waals surface area (Å²) < 4.78 is 1.12. The second kappa shape index (κ2) is 6.18. The van der Waals surface area contributed by atoms with E-state index in [0.717, 1.165) is 17.4 Å². The van der Waals surface area contributed by atoms with E-state index in [1.54, 1.807) is 0 Å². The summed E-state index contributed by atoms with van der Waals surface area (Å²) in [5.41, 5.74) is 1.00. The smallest absolute Gasteiger partial charge is 0.0684 e. The van der Waals surface area contributed by atoms with Gasteiger partial charge in [0.1, 0.15) is 0 Å². The Bertz CT molecular complexity index is 407. The van der Waals surface area contributed by atoms with Crippen LogP contribution in [0.1, 0.15) is 38.8 Å². The quantitative estimate of drug-likeness (QED) is 0.890. The highest BCUT2D eigenvalue weighted by atomic mass is 79.9. The molecule has 2 nitrogen and oxygen atoms in total. The lowest BCUT2D eigenvalue weighted by molar-refractivity contribution is 0.416. The van der Waals surface area contributed by atoms with E-state index in [9.17, 15) is 0 Å². The summed E-state index contributed by atoms with van der Waals surface area (Å²) in [6.45, 7) is 6.93. The van der Waals surface area contributed by atoms with Gasteiger partial charge in [0.05, 0.1) is 11.5 Å². The minimum atomic E-state index is -0.249. The van der Waals surface area contributed by atoms with Crippen LogP contribution in [-0.2, 0) is 0 Å². The molecule has 0 aliphatic heterocycles. The molecule has 3 heteroatoms. The van der Waals surface area contributed by atoms with E-state index < -0.39 is 0 Å². The van der Waals surface area contributed by atoms with Crippen molar-refractivity contribution in [3.05, 3.63) is 34.3 Å². The average Bonchev–Trinajstić information content (AvgIpc) is 2.29. The molecule has 1 N–H and O–H groups in total. The van der Waals surface area contributed by atoms with Gasteiger partial charge in [-0.05, 0) is 45.4 Å². The van der Waals surface area contributed by atoms with Crippen LogP contribution in [0.2, 0.25) is 0 Å². The lowest BCUT2D eigenvalue weighted by atomic mass is 9.91. The van der Waals surface area contributed by atoms with E-state index >= 15 is 0 Å². The molecule has 0 saturated carbocycles. The Kier molecular flexibility index (Phi) is 5.17. The molecule has 0 aliphatic carbocycles. The second-order valence-electron chi connectivity index (χ2n) is 4.94. The van der Waals surface area contributed by atoms with Crippen molar-refractivity contribution in [3.63, 3.8) is 0 Å². The molecule has 0 fully saturated rings. The summed E-state index contributed by atoms with van der Waals surface area (Å²) in [5, 5.41) is 12.4. The van der Waals surface area contributed by atoms with Crippen molar-refractivity contribution < 1.29 is 0 Å². The molecule has 1 atom stereocenters. The molecule has 0 aliphatic rings. The molecule has 17 heavy (non-hydrogen) atoms. The molecule has 0 heterocycles. The van der Waals surface area contributed by atoms with Crippen LogP contribution in [0.4, 0.5) is 0 Å². The Morgan fingerprint density at radius 1 is 1.41 bits per heavy atom. The number of halogens is 1. The zero-order valence-corrected chi connectivity index (χ0v) is 12.2. The Balaban J connectivity index is 2.49. The number of hydrogen-bond acceptors (Lipinski definition) is 2. The largest absolute Gasteiger partial charge is 0.310 e. The van der Waals surface area contributed by atoms with Gasteiger partial charge >= 0.3 is 0 Å². The van der Waals surface area contributed by atoms with Crippen LogP contribution in [0.25, 0.3) is 0 Å². The molecule has 1 rings (SSSR count). The third-order valence-electron chi connectivity index (χ3n) is 2.87. The molecule has 1 aromatic carbocycles. The number of benzene rings is 1. The van der Waals surface area contributed by atoms with Crippen LogP contribution >= 0.6 is 15.9 Å². The third kappa shape index (κ3) is 4.49. The van der Waals surface area contributed by atoms with Crippen LogP contribution in [0, 0.1) is 16.7 Å². The Hall–Kier alpha value is -0.850. The Labute approximate surface area is 112 Å². The van der Waals surface area contributed by atoms with E-state index in [4.69, 9.17) is 5.26 Å². The van der Waals surface area contributed by atoms with Crippen LogP contribution in [0.15, 0.2) is 28.7 Å². The predicted octanol–water partition coefficient (Wildman–Crippen LogP) is 4.04. The van der Waals surface area contributed by atoms with Crippen molar-refractivity contribution in [1.29, 1.82) is 5.26 Å². The van der Waals surface area contributed by atoms with Crippen molar-refractivity contribution in [2.45, 2.75) is 33.2 Å². The zero-order valence-electron chi connectivity index (χ0n) is 10.6. The molecule has 1 aromatic rings. The van der Waals surface area contributed by atoms with Gasteiger partial charge in [-0.2, -0.15) is 5.26 Å². The maximum absolute atomic E-state index is 8.94. The highest BCUT2D eigenvalue weighted by Crippen LogP contribution is 2.23. The first kappa shape index (κ1) is 14.2. The lowest BCUT2D eigenvalue weighted by Crippen LogP contribution is -2.24. The molecule has 0 radical (unpaired) electrons. The monoisotopic (exact) mass is 294 g/mol. The molecule has 0 bridgehead atoms. The molecule has 0 aromatic heterocycles. The van der Waals surface area contributed by atoms with Gasteiger partial charge in [-0.1, -0.05) is 34.1 Å². The van der Waals surface area contributed by atoms with E-state index in [1.807, 2.05) is 32.0 Å². The van der Waals surface area contributed by atoms with Crippen molar-refractivity contribution in [1.82, 2.24) is 5.32 Å². The topological polar surface area (TPSA) is 35.8 Å². The highest BCUT2D eigenvalue weighted by molar-refractivity contribution is 9.10. The standard InChI is InChI=1S/C14H19BrN2/c1-11(12-6-4-5-7-13(12)15)17-9-8-14(2,3)10-16/h4-7,11,17H,8-9H2,1-3H3/t11-/m1/s1. The minimum Gasteiger partial charge on any atom is -0.310 e. The fourth-order valence-electron chi connectivity index (χ4n) is 1.59. The molecule has 0 amide bonds. The normalized spacial score (nSPS) is 13.1. The van der Waals surface area contributed by atoms with Crippen molar-refractivity contribution in [2.75, 3.05) is 6.54 Å². The Morgan fingerprint density at radius 2 is 2.06 bits per heavy atom. The van der Waals surface area contributed by atoms with Gasteiger partial charge in [-0.25, -0.2) is 0 Å². The summed E-state index contributed by atoms with van der Waals surface area (Å²) in [4.78, 5) is 0. The zero-order chi connectivity index (χ0) is 12.9. The number of nitrogens with zero attached hydrogens (tertiary/aromatic N) is 1.